The third kappa shape index (κ3) is 4.58. The van der Waals surface area contributed by atoms with Gasteiger partial charge in [-0.15, -0.1) is 0 Å². The summed E-state index contributed by atoms with van der Waals surface area (Å²) in [7, 11) is 0. The van der Waals surface area contributed by atoms with Crippen LogP contribution in [0.3, 0.4) is 0 Å². The van der Waals surface area contributed by atoms with Gasteiger partial charge in [-0.3, -0.25) is 4.79 Å². The number of aromatic nitrogens is 2. The first kappa shape index (κ1) is 17.9. The summed E-state index contributed by atoms with van der Waals surface area (Å²) in [4.78, 5) is 16.3. The van der Waals surface area contributed by atoms with Gasteiger partial charge in [-0.25, -0.2) is 4.39 Å². The van der Waals surface area contributed by atoms with Gasteiger partial charge in [-0.1, -0.05) is 16.8 Å². The van der Waals surface area contributed by atoms with E-state index in [-0.39, 0.29) is 24.2 Å². The van der Waals surface area contributed by atoms with Gasteiger partial charge in [-0.2, -0.15) is 4.98 Å². The lowest BCUT2D eigenvalue weighted by atomic mass is 10.2. The van der Waals surface area contributed by atoms with Crippen molar-refractivity contribution in [2.24, 2.45) is 0 Å². The highest BCUT2D eigenvalue weighted by Crippen LogP contribution is 2.18. The summed E-state index contributed by atoms with van der Waals surface area (Å²) in [6.07, 6.45) is -0.765. The van der Waals surface area contributed by atoms with Crippen molar-refractivity contribution in [3.05, 3.63) is 65.3 Å². The van der Waals surface area contributed by atoms with Crippen molar-refractivity contribution in [1.82, 2.24) is 15.5 Å². The molecule has 1 unspecified atom stereocenters. The predicted octanol–water partition coefficient (Wildman–Crippen LogP) is 3.61. The van der Waals surface area contributed by atoms with Gasteiger partial charge in [0.1, 0.15) is 11.6 Å². The second-order valence-electron chi connectivity index (χ2n) is 5.45. The Bertz CT molecular complexity index is 881. The van der Waals surface area contributed by atoms with Gasteiger partial charge < -0.3 is 14.6 Å². The Balaban J connectivity index is 1.54. The Morgan fingerprint density at radius 1 is 1.23 bits per heavy atom. The maximum Gasteiger partial charge on any atom is 0.261 e. The molecule has 0 aliphatic heterocycles. The summed E-state index contributed by atoms with van der Waals surface area (Å²) in [5.41, 5.74) is 0.753. The highest BCUT2D eigenvalue weighted by Gasteiger charge is 2.16. The smallest absolute Gasteiger partial charge is 0.261 e. The van der Waals surface area contributed by atoms with E-state index in [0.717, 1.165) is 5.56 Å². The molecule has 3 aromatic rings. The molecule has 0 radical (unpaired) electrons. The van der Waals surface area contributed by atoms with Gasteiger partial charge in [0.2, 0.25) is 11.7 Å². The van der Waals surface area contributed by atoms with Crippen LogP contribution < -0.4 is 10.1 Å². The van der Waals surface area contributed by atoms with Crippen LogP contribution in [0.4, 0.5) is 4.39 Å². The third-order valence-electron chi connectivity index (χ3n) is 3.48. The first-order valence-electron chi connectivity index (χ1n) is 7.80. The molecule has 1 heterocycles. The van der Waals surface area contributed by atoms with E-state index >= 15 is 0 Å². The van der Waals surface area contributed by atoms with Crippen molar-refractivity contribution >= 4 is 17.5 Å². The average molecular weight is 376 g/mol. The Labute approximate surface area is 153 Å². The lowest BCUT2D eigenvalue weighted by Crippen LogP contribution is -2.35. The Kier molecular flexibility index (Phi) is 5.48. The summed E-state index contributed by atoms with van der Waals surface area (Å²) in [5.74, 6) is 0.332. The molecule has 26 heavy (non-hydrogen) atoms. The molecule has 6 nitrogen and oxygen atoms in total. The van der Waals surface area contributed by atoms with Gasteiger partial charge >= 0.3 is 0 Å². The van der Waals surface area contributed by atoms with Crippen LogP contribution in [0.2, 0.25) is 5.02 Å². The second kappa shape index (κ2) is 7.97. The van der Waals surface area contributed by atoms with Gasteiger partial charge in [0.15, 0.2) is 6.10 Å². The van der Waals surface area contributed by atoms with Crippen LogP contribution in [-0.4, -0.2) is 22.2 Å². The van der Waals surface area contributed by atoms with Crippen molar-refractivity contribution in [3.63, 3.8) is 0 Å². The monoisotopic (exact) mass is 375 g/mol. The second-order valence-corrected chi connectivity index (χ2v) is 5.89. The molecule has 1 amide bonds. The molecule has 0 saturated heterocycles. The molecule has 1 aromatic heterocycles. The van der Waals surface area contributed by atoms with Crippen LogP contribution in [0.25, 0.3) is 11.4 Å². The van der Waals surface area contributed by atoms with Crippen LogP contribution in [0.5, 0.6) is 5.75 Å². The molecule has 0 bridgehead atoms. The molecule has 1 N–H and O–H groups in total. The Morgan fingerprint density at radius 2 is 1.92 bits per heavy atom. The zero-order valence-electron chi connectivity index (χ0n) is 13.8. The van der Waals surface area contributed by atoms with Crippen LogP contribution in [-0.2, 0) is 11.3 Å². The number of amides is 1. The zero-order valence-corrected chi connectivity index (χ0v) is 14.5. The Hall–Kier alpha value is -2.93. The molecule has 0 aliphatic rings. The predicted molar refractivity (Wildman–Crippen MR) is 93.1 cm³/mol. The quantitative estimate of drug-likeness (QED) is 0.712. The first-order valence-corrected chi connectivity index (χ1v) is 8.17. The normalized spacial score (nSPS) is 11.8. The molecule has 0 fully saturated rings. The van der Waals surface area contributed by atoms with Crippen molar-refractivity contribution in [1.29, 1.82) is 0 Å². The number of hydrogen-bond acceptors (Lipinski definition) is 5. The highest BCUT2D eigenvalue weighted by atomic mass is 35.5. The van der Waals surface area contributed by atoms with Gasteiger partial charge in [0.05, 0.1) is 6.54 Å². The minimum Gasteiger partial charge on any atom is -0.481 e. The van der Waals surface area contributed by atoms with Crippen LogP contribution in [0.15, 0.2) is 53.1 Å². The van der Waals surface area contributed by atoms with Crippen molar-refractivity contribution in [3.8, 4) is 17.1 Å². The standard InChI is InChI=1S/C18H15ClFN3O3/c1-11(25-15-8-6-14(20)7-9-15)18(24)21-10-16-22-17(23-26-16)12-2-4-13(19)5-3-12/h2-9,11H,10H2,1H3,(H,21,24). The number of benzene rings is 2. The molecule has 0 aliphatic carbocycles. The number of carbonyl (C=O) groups is 1. The summed E-state index contributed by atoms with van der Waals surface area (Å²) < 4.78 is 23.4. The molecule has 134 valence electrons. The van der Waals surface area contributed by atoms with Crippen molar-refractivity contribution < 1.29 is 18.4 Å². The van der Waals surface area contributed by atoms with Gasteiger partial charge in [0, 0.05) is 10.6 Å². The summed E-state index contributed by atoms with van der Waals surface area (Å²) in [6, 6.07) is 12.4. The molecule has 0 spiro atoms. The summed E-state index contributed by atoms with van der Waals surface area (Å²) >= 11 is 5.84. The number of carbonyl (C=O) groups excluding carboxylic acids is 1. The topological polar surface area (TPSA) is 77.2 Å². The minimum atomic E-state index is -0.765. The number of hydrogen-bond donors (Lipinski definition) is 1. The third-order valence-corrected chi connectivity index (χ3v) is 3.73. The molecule has 3 rings (SSSR count). The highest BCUT2D eigenvalue weighted by molar-refractivity contribution is 6.30. The van der Waals surface area contributed by atoms with Crippen molar-refractivity contribution in [2.75, 3.05) is 0 Å². The van der Waals surface area contributed by atoms with E-state index in [0.29, 0.717) is 16.6 Å². The first-order chi connectivity index (χ1) is 12.5. The van der Waals surface area contributed by atoms with E-state index in [1.165, 1.54) is 24.3 Å². The largest absolute Gasteiger partial charge is 0.481 e. The fraction of sp³-hybridized carbons (Fsp3) is 0.167. The molecular formula is C18H15ClFN3O3. The van der Waals surface area contributed by atoms with Gasteiger partial charge in [-0.05, 0) is 55.5 Å². The maximum atomic E-state index is 12.9. The van der Waals surface area contributed by atoms with E-state index in [1.54, 1.807) is 31.2 Å². The molecule has 1 atom stereocenters. The van der Waals surface area contributed by atoms with Crippen LogP contribution in [0.1, 0.15) is 12.8 Å². The molecule has 2 aromatic carbocycles. The zero-order chi connectivity index (χ0) is 18.5. The lowest BCUT2D eigenvalue weighted by molar-refractivity contribution is -0.127. The average Bonchev–Trinajstić information content (AvgIpc) is 3.11. The maximum absolute atomic E-state index is 12.9. The fourth-order valence-corrected chi connectivity index (χ4v) is 2.25. The van der Waals surface area contributed by atoms with E-state index < -0.39 is 6.10 Å². The number of ether oxygens (including phenoxy) is 1. The minimum absolute atomic E-state index is 0.0660. The summed E-state index contributed by atoms with van der Waals surface area (Å²) in [5, 5.41) is 7.13. The van der Waals surface area contributed by atoms with E-state index in [2.05, 4.69) is 15.5 Å². The van der Waals surface area contributed by atoms with Crippen molar-refractivity contribution in [2.45, 2.75) is 19.6 Å². The van der Waals surface area contributed by atoms with Gasteiger partial charge in [0.25, 0.3) is 5.91 Å². The lowest BCUT2D eigenvalue weighted by Gasteiger charge is -2.13. The number of nitrogens with one attached hydrogen (secondary N) is 1. The fourth-order valence-electron chi connectivity index (χ4n) is 2.12. The van der Waals surface area contributed by atoms with E-state index in [4.69, 9.17) is 20.9 Å². The molecule has 0 saturated carbocycles. The molecule has 8 heteroatoms. The van der Waals surface area contributed by atoms with E-state index in [1.807, 2.05) is 0 Å². The Morgan fingerprint density at radius 3 is 2.62 bits per heavy atom. The summed E-state index contributed by atoms with van der Waals surface area (Å²) in [6.45, 7) is 1.65. The van der Waals surface area contributed by atoms with Crippen LogP contribution in [0, 0.1) is 5.82 Å². The SMILES string of the molecule is CC(Oc1ccc(F)cc1)C(=O)NCc1nc(-c2ccc(Cl)cc2)no1. The molecular weight excluding hydrogens is 361 g/mol. The van der Waals surface area contributed by atoms with E-state index in [9.17, 15) is 9.18 Å². The van der Waals surface area contributed by atoms with Crippen LogP contribution >= 0.6 is 11.6 Å². The number of rotatable bonds is 6. The number of nitrogens with zero attached hydrogens (tertiary/aromatic N) is 2. The number of halogens is 2.